The van der Waals surface area contributed by atoms with Gasteiger partial charge in [-0.05, 0) is 6.92 Å². The summed E-state index contributed by atoms with van der Waals surface area (Å²) in [5.74, 6) is 3.16. The molecule has 0 aromatic heterocycles. The van der Waals surface area contributed by atoms with Crippen LogP contribution in [0.25, 0.3) is 0 Å². The maximum atomic E-state index is 5.38. The zero-order valence-electron chi connectivity index (χ0n) is 8.27. The summed E-state index contributed by atoms with van der Waals surface area (Å²) in [7, 11) is -1.23. The minimum absolute atomic E-state index is 0.0988. The van der Waals surface area contributed by atoms with Gasteiger partial charge in [-0.15, -0.1) is 12.1 Å². The Bertz CT molecular complexity index is 253. The van der Waals surface area contributed by atoms with Gasteiger partial charge in [0, 0.05) is 0 Å². The summed E-state index contributed by atoms with van der Waals surface area (Å²) in [5, 5.41) is 0. The summed E-state index contributed by atoms with van der Waals surface area (Å²) in [6, 6.07) is 0. The third kappa shape index (κ3) is 2.23. The second kappa shape index (κ2) is 2.76. The number of rotatable bonds is 1. The van der Waals surface area contributed by atoms with E-state index in [-0.39, 0.29) is 11.7 Å². The Morgan fingerprint density at radius 3 is 2.42 bits per heavy atom. The predicted molar refractivity (Wildman–Crippen MR) is 54.6 cm³/mol. The zero-order chi connectivity index (χ0) is 9.41. The van der Waals surface area contributed by atoms with Gasteiger partial charge in [0.2, 0.25) is 0 Å². The average molecular weight is 180 g/mol. The second-order valence-corrected chi connectivity index (χ2v) is 9.16. The first-order chi connectivity index (χ1) is 5.37. The molecule has 1 aliphatic heterocycles. The lowest BCUT2D eigenvalue weighted by molar-refractivity contribution is 0.358. The molecule has 0 aliphatic carbocycles. The quantitative estimate of drug-likeness (QED) is 0.261. The third-order valence-electron chi connectivity index (χ3n) is 1.82. The molecule has 1 nitrogen and oxygen atoms in total. The summed E-state index contributed by atoms with van der Waals surface area (Å²) in [6.07, 6.45) is 1.93. The topological polar surface area (TPSA) is 12.5 Å². The molecule has 12 heavy (non-hydrogen) atoms. The molecule has 1 fully saturated rings. The third-order valence-corrected chi connectivity index (χ3v) is 2.71. The Hall–Kier alpha value is -0.523. The molecule has 1 rings (SSSR count). The van der Waals surface area contributed by atoms with Gasteiger partial charge in [-0.25, -0.2) is 0 Å². The Morgan fingerprint density at radius 1 is 1.50 bits per heavy atom. The van der Waals surface area contributed by atoms with Crippen molar-refractivity contribution in [1.82, 2.24) is 0 Å². The molecule has 0 saturated carbocycles. The van der Waals surface area contributed by atoms with Crippen molar-refractivity contribution in [3.63, 3.8) is 0 Å². The Kier molecular flexibility index (Phi) is 2.20. The zero-order valence-corrected chi connectivity index (χ0v) is 9.27. The monoisotopic (exact) mass is 180 g/mol. The fraction of sp³-hybridized carbons (Fsp3) is 0.600. The normalized spacial score (nSPS) is 33.5. The Morgan fingerprint density at radius 2 is 2.08 bits per heavy atom. The highest BCUT2D eigenvalue weighted by Crippen LogP contribution is 2.36. The Balaban J connectivity index is 2.55. The van der Waals surface area contributed by atoms with Gasteiger partial charge in [0.15, 0.2) is 6.10 Å². The van der Waals surface area contributed by atoms with E-state index in [1.54, 1.807) is 0 Å². The molecule has 0 unspecified atom stereocenters. The van der Waals surface area contributed by atoms with Crippen LogP contribution < -0.4 is 0 Å². The van der Waals surface area contributed by atoms with Crippen LogP contribution in [0.5, 0.6) is 0 Å². The molecule has 66 valence electrons. The van der Waals surface area contributed by atoms with Gasteiger partial charge in [-0.2, -0.15) is 0 Å². The van der Waals surface area contributed by atoms with Crippen molar-refractivity contribution in [1.29, 1.82) is 0 Å². The fourth-order valence-corrected chi connectivity index (χ4v) is 1.39. The van der Waals surface area contributed by atoms with Crippen LogP contribution in [0.2, 0.25) is 19.6 Å². The minimum Gasteiger partial charge on any atom is -0.348 e. The van der Waals surface area contributed by atoms with E-state index in [2.05, 4.69) is 37.7 Å². The summed E-state index contributed by atoms with van der Waals surface area (Å²) < 4.78 is 5.38. The van der Waals surface area contributed by atoms with E-state index in [4.69, 9.17) is 4.74 Å². The molecule has 2 atom stereocenters. The summed E-state index contributed by atoms with van der Waals surface area (Å²) in [6.45, 7) is 12.4. The molecule has 0 N–H and O–H groups in total. The lowest BCUT2D eigenvalue weighted by atomic mass is 10.1. The van der Waals surface area contributed by atoms with Crippen molar-refractivity contribution in [2.24, 2.45) is 0 Å². The van der Waals surface area contributed by atoms with Gasteiger partial charge in [0.25, 0.3) is 0 Å². The molecule has 1 saturated heterocycles. The minimum atomic E-state index is -1.23. The molecule has 0 aromatic rings. The number of ether oxygens (including phenoxy) is 1. The molecule has 2 heteroatoms. The molecular formula is C10H16OSi. The van der Waals surface area contributed by atoms with Crippen molar-refractivity contribution >= 4 is 8.07 Å². The van der Waals surface area contributed by atoms with Crippen LogP contribution in [0, 0.1) is 11.5 Å². The predicted octanol–water partition coefficient (Wildman–Crippen LogP) is 2.21. The molecular weight excluding hydrogens is 164 g/mol. The molecule has 0 aromatic carbocycles. The van der Waals surface area contributed by atoms with Crippen LogP contribution in [0.1, 0.15) is 6.92 Å². The van der Waals surface area contributed by atoms with Gasteiger partial charge in [0.1, 0.15) is 13.7 Å². The highest BCUT2D eigenvalue weighted by Gasteiger charge is 2.48. The number of epoxide rings is 1. The van der Waals surface area contributed by atoms with Crippen LogP contribution in [0.3, 0.4) is 0 Å². The van der Waals surface area contributed by atoms with Crippen LogP contribution in [-0.2, 0) is 4.74 Å². The van der Waals surface area contributed by atoms with E-state index in [0.29, 0.717) is 0 Å². The van der Waals surface area contributed by atoms with E-state index in [0.717, 1.165) is 0 Å². The van der Waals surface area contributed by atoms with Crippen LogP contribution >= 0.6 is 0 Å². The Labute approximate surface area is 75.8 Å². The van der Waals surface area contributed by atoms with Crippen LogP contribution in [0.4, 0.5) is 0 Å². The molecule has 0 spiro atoms. The standard InChI is InChI=1S/C10H16OSi/c1-6-10(2)9(11-10)7-8-12(3,4)5/h6,9H,1H2,2-5H3/t9-,10-/m1/s1. The second-order valence-electron chi connectivity index (χ2n) is 4.41. The highest BCUT2D eigenvalue weighted by atomic mass is 28.3. The summed E-state index contributed by atoms with van der Waals surface area (Å²) in [5.41, 5.74) is 3.13. The van der Waals surface area contributed by atoms with Gasteiger partial charge < -0.3 is 4.74 Å². The SMILES string of the molecule is C=C[C@@]1(C)O[C@@H]1C#C[Si](C)(C)C. The van der Waals surface area contributed by atoms with E-state index in [9.17, 15) is 0 Å². The lowest BCUT2D eigenvalue weighted by Crippen LogP contribution is -2.17. The first-order valence-corrected chi connectivity index (χ1v) is 7.71. The molecule has 0 radical (unpaired) electrons. The maximum absolute atomic E-state index is 5.38. The number of hydrogen-bond donors (Lipinski definition) is 0. The van der Waals surface area contributed by atoms with Gasteiger partial charge in [-0.1, -0.05) is 31.6 Å². The lowest BCUT2D eigenvalue weighted by Gasteiger charge is -2.02. The van der Waals surface area contributed by atoms with Crippen LogP contribution in [0.15, 0.2) is 12.7 Å². The van der Waals surface area contributed by atoms with Gasteiger partial charge >= 0.3 is 0 Å². The van der Waals surface area contributed by atoms with E-state index >= 15 is 0 Å². The van der Waals surface area contributed by atoms with Crippen molar-refractivity contribution in [3.8, 4) is 11.5 Å². The van der Waals surface area contributed by atoms with Gasteiger partial charge in [-0.3, -0.25) is 0 Å². The average Bonchev–Trinajstić information content (AvgIpc) is 2.58. The van der Waals surface area contributed by atoms with Crippen molar-refractivity contribution in [2.45, 2.75) is 38.3 Å². The largest absolute Gasteiger partial charge is 0.348 e. The summed E-state index contributed by atoms with van der Waals surface area (Å²) >= 11 is 0. The van der Waals surface area contributed by atoms with Crippen molar-refractivity contribution in [2.75, 3.05) is 0 Å². The smallest absolute Gasteiger partial charge is 0.151 e. The first kappa shape index (κ1) is 9.56. The highest BCUT2D eigenvalue weighted by molar-refractivity contribution is 6.83. The summed E-state index contributed by atoms with van der Waals surface area (Å²) in [4.78, 5) is 0. The van der Waals surface area contributed by atoms with Gasteiger partial charge in [0.05, 0.1) is 0 Å². The van der Waals surface area contributed by atoms with Crippen LogP contribution in [-0.4, -0.2) is 19.8 Å². The van der Waals surface area contributed by atoms with E-state index < -0.39 is 8.07 Å². The molecule has 0 amide bonds. The fourth-order valence-electron chi connectivity index (χ4n) is 0.830. The number of hydrogen-bond acceptors (Lipinski definition) is 1. The maximum Gasteiger partial charge on any atom is 0.151 e. The van der Waals surface area contributed by atoms with Crippen molar-refractivity contribution < 1.29 is 4.74 Å². The first-order valence-electron chi connectivity index (χ1n) is 4.21. The molecule has 0 bridgehead atoms. The van der Waals surface area contributed by atoms with E-state index in [1.165, 1.54) is 0 Å². The van der Waals surface area contributed by atoms with Crippen molar-refractivity contribution in [3.05, 3.63) is 12.7 Å². The van der Waals surface area contributed by atoms with E-state index in [1.807, 2.05) is 13.0 Å². The molecule has 1 heterocycles. The molecule has 1 aliphatic rings.